The lowest BCUT2D eigenvalue weighted by molar-refractivity contribution is -0.131. The van der Waals surface area contributed by atoms with Crippen LogP contribution in [-0.2, 0) is 11.3 Å². The summed E-state index contributed by atoms with van der Waals surface area (Å²) in [5.41, 5.74) is 2.17. The maximum Gasteiger partial charge on any atom is 0.419 e. The molecule has 148 valence electrons. The van der Waals surface area contributed by atoms with E-state index in [0.717, 1.165) is 34.1 Å². The Balaban J connectivity index is 1.21. The maximum atomic E-state index is 12.7. The van der Waals surface area contributed by atoms with E-state index in [1.807, 2.05) is 35.2 Å². The van der Waals surface area contributed by atoms with Gasteiger partial charge in [-0.2, -0.15) is 0 Å². The van der Waals surface area contributed by atoms with Crippen molar-refractivity contribution < 1.29 is 9.21 Å². The molecule has 29 heavy (non-hydrogen) atoms. The van der Waals surface area contributed by atoms with E-state index in [4.69, 9.17) is 4.42 Å². The van der Waals surface area contributed by atoms with Gasteiger partial charge in [0.05, 0.1) is 5.52 Å². The lowest BCUT2D eigenvalue weighted by Gasteiger charge is -2.34. The predicted octanol–water partition coefficient (Wildman–Crippen LogP) is 2.34. The first kappa shape index (κ1) is 17.9. The van der Waals surface area contributed by atoms with E-state index in [0.29, 0.717) is 25.2 Å². The molecule has 1 aliphatic heterocycles. The van der Waals surface area contributed by atoms with Crippen LogP contribution in [0.3, 0.4) is 0 Å². The third-order valence-corrected chi connectivity index (χ3v) is 6.22. The van der Waals surface area contributed by atoms with Crippen LogP contribution in [0.2, 0.25) is 0 Å². The molecule has 5 rings (SSSR count). The fourth-order valence-corrected chi connectivity index (χ4v) is 4.59. The summed E-state index contributed by atoms with van der Waals surface area (Å²) in [6.07, 6.45) is 2.05. The van der Waals surface area contributed by atoms with Gasteiger partial charge in [-0.3, -0.25) is 9.36 Å². The number of aryl methyl sites for hydroxylation is 1. The Morgan fingerprint density at radius 3 is 2.76 bits per heavy atom. The quantitative estimate of drug-likeness (QED) is 0.514. The molecule has 4 aromatic rings. The summed E-state index contributed by atoms with van der Waals surface area (Å²) in [5.74, 6) is -0.374. The van der Waals surface area contributed by atoms with Gasteiger partial charge in [0.1, 0.15) is 10.3 Å². The second-order valence-electron chi connectivity index (χ2n) is 6.93. The first-order valence-electron chi connectivity index (χ1n) is 9.52. The number of hydrogen-bond acceptors (Lipinski definition) is 7. The van der Waals surface area contributed by atoms with E-state index in [1.165, 1.54) is 4.57 Å². The van der Waals surface area contributed by atoms with E-state index >= 15 is 0 Å². The van der Waals surface area contributed by atoms with Crippen molar-refractivity contribution in [1.29, 1.82) is 0 Å². The predicted molar refractivity (Wildman–Crippen MR) is 111 cm³/mol. The Bertz CT molecular complexity index is 1200. The molecule has 1 amide bonds. The highest BCUT2D eigenvalue weighted by molar-refractivity contribution is 7.21. The lowest BCUT2D eigenvalue weighted by atomic mass is 10.2. The molecule has 0 bridgehead atoms. The van der Waals surface area contributed by atoms with Gasteiger partial charge in [0.25, 0.3) is 0 Å². The van der Waals surface area contributed by atoms with Crippen molar-refractivity contribution in [2.24, 2.45) is 0 Å². The molecular formula is C20H19N5O3S. The summed E-state index contributed by atoms with van der Waals surface area (Å²) in [4.78, 5) is 38.7. The molecule has 0 aliphatic carbocycles. The molecule has 1 aromatic carbocycles. The standard InChI is InChI=1S/C20H19N5O3S/c26-17(7-9-25-15-5-1-2-6-16(15)28-20(25)27)23-10-12-24(13-11-23)19-22-14-4-3-8-21-18(14)29-19/h1-6,8H,7,9-13H2. The minimum absolute atomic E-state index is 0.0489. The smallest absolute Gasteiger partial charge is 0.408 e. The molecule has 0 N–H and O–H groups in total. The number of rotatable bonds is 4. The van der Waals surface area contributed by atoms with Crippen LogP contribution in [0.1, 0.15) is 6.42 Å². The average Bonchev–Trinajstić information content (AvgIpc) is 3.32. The molecule has 4 heterocycles. The van der Waals surface area contributed by atoms with Gasteiger partial charge in [-0.15, -0.1) is 0 Å². The molecule has 0 unspecified atom stereocenters. The highest BCUT2D eigenvalue weighted by Crippen LogP contribution is 2.27. The highest BCUT2D eigenvalue weighted by atomic mass is 32.1. The zero-order valence-electron chi connectivity index (χ0n) is 15.7. The topological polar surface area (TPSA) is 84.5 Å². The van der Waals surface area contributed by atoms with Gasteiger partial charge in [-0.1, -0.05) is 23.5 Å². The molecule has 0 atom stereocenters. The lowest BCUT2D eigenvalue weighted by Crippen LogP contribution is -2.49. The van der Waals surface area contributed by atoms with Gasteiger partial charge in [-0.25, -0.2) is 14.8 Å². The fourth-order valence-electron chi connectivity index (χ4n) is 3.63. The van der Waals surface area contributed by atoms with E-state index in [-0.39, 0.29) is 12.3 Å². The number of thiazole rings is 1. The Kier molecular flexibility index (Phi) is 4.51. The molecule has 9 heteroatoms. The molecule has 0 radical (unpaired) electrons. The zero-order valence-corrected chi connectivity index (χ0v) is 16.5. The minimum Gasteiger partial charge on any atom is -0.408 e. The first-order chi connectivity index (χ1) is 14.2. The van der Waals surface area contributed by atoms with Crippen LogP contribution < -0.4 is 10.7 Å². The zero-order chi connectivity index (χ0) is 19.8. The third-order valence-electron chi connectivity index (χ3n) is 5.18. The summed E-state index contributed by atoms with van der Waals surface area (Å²) < 4.78 is 6.76. The number of carbonyl (C=O) groups excluding carboxylic acids is 1. The van der Waals surface area contributed by atoms with Crippen molar-refractivity contribution in [1.82, 2.24) is 19.4 Å². The first-order valence-corrected chi connectivity index (χ1v) is 10.3. The number of nitrogens with zero attached hydrogens (tertiary/aromatic N) is 5. The SMILES string of the molecule is O=C(CCn1c(=O)oc2ccccc21)N1CCN(c2nc3cccnc3s2)CC1. The minimum atomic E-state index is -0.423. The van der Waals surface area contributed by atoms with Crippen molar-refractivity contribution in [3.63, 3.8) is 0 Å². The Morgan fingerprint density at radius 2 is 1.93 bits per heavy atom. The number of oxazole rings is 1. The molecule has 1 fully saturated rings. The van der Waals surface area contributed by atoms with Crippen molar-refractivity contribution in [3.8, 4) is 0 Å². The molecule has 0 spiro atoms. The number of benzene rings is 1. The van der Waals surface area contributed by atoms with Gasteiger partial charge in [0.2, 0.25) is 5.91 Å². The largest absolute Gasteiger partial charge is 0.419 e. The van der Waals surface area contributed by atoms with Crippen molar-refractivity contribution >= 4 is 43.8 Å². The number of carbonyl (C=O) groups is 1. The van der Waals surface area contributed by atoms with Crippen LogP contribution in [0.25, 0.3) is 21.4 Å². The van der Waals surface area contributed by atoms with Gasteiger partial charge >= 0.3 is 5.76 Å². The van der Waals surface area contributed by atoms with Crippen LogP contribution in [0, 0.1) is 0 Å². The van der Waals surface area contributed by atoms with Crippen molar-refractivity contribution in [2.75, 3.05) is 31.1 Å². The molecule has 8 nitrogen and oxygen atoms in total. The van der Waals surface area contributed by atoms with Crippen molar-refractivity contribution in [3.05, 3.63) is 53.1 Å². The van der Waals surface area contributed by atoms with Crippen LogP contribution in [0.5, 0.6) is 0 Å². The van der Waals surface area contributed by atoms with E-state index < -0.39 is 5.76 Å². The average molecular weight is 409 g/mol. The summed E-state index contributed by atoms with van der Waals surface area (Å²) >= 11 is 1.58. The molecule has 3 aromatic heterocycles. The van der Waals surface area contributed by atoms with E-state index in [2.05, 4.69) is 14.9 Å². The molecule has 1 saturated heterocycles. The van der Waals surface area contributed by atoms with Crippen LogP contribution in [0.15, 0.2) is 51.8 Å². The second kappa shape index (κ2) is 7.32. The molecular weight excluding hydrogens is 390 g/mol. The fraction of sp³-hybridized carbons (Fsp3) is 0.300. The third kappa shape index (κ3) is 3.38. The number of amides is 1. The Hall–Kier alpha value is -3.20. The Morgan fingerprint density at radius 1 is 1.10 bits per heavy atom. The summed E-state index contributed by atoms with van der Waals surface area (Å²) in [6.45, 7) is 3.07. The maximum absolute atomic E-state index is 12.7. The highest BCUT2D eigenvalue weighted by Gasteiger charge is 2.23. The van der Waals surface area contributed by atoms with Crippen molar-refractivity contribution in [2.45, 2.75) is 13.0 Å². The summed E-state index contributed by atoms with van der Waals surface area (Å²) in [5, 5.41) is 0.946. The summed E-state index contributed by atoms with van der Waals surface area (Å²) in [6, 6.07) is 11.1. The molecule has 0 saturated carbocycles. The monoisotopic (exact) mass is 409 g/mol. The van der Waals surface area contributed by atoms with Crippen LogP contribution in [-0.4, -0.2) is 51.5 Å². The summed E-state index contributed by atoms with van der Waals surface area (Å²) in [7, 11) is 0. The molecule has 1 aliphatic rings. The second-order valence-corrected chi connectivity index (χ2v) is 7.89. The number of piperazine rings is 1. The van der Waals surface area contributed by atoms with Crippen LogP contribution in [0.4, 0.5) is 5.13 Å². The van der Waals surface area contributed by atoms with Crippen LogP contribution >= 0.6 is 11.3 Å². The van der Waals surface area contributed by atoms with Gasteiger partial charge < -0.3 is 14.2 Å². The number of fused-ring (bicyclic) bond motifs is 2. The number of anilines is 1. The number of hydrogen-bond donors (Lipinski definition) is 0. The van der Waals surface area contributed by atoms with Gasteiger partial charge in [0.15, 0.2) is 10.7 Å². The Labute approximate surface area is 170 Å². The normalized spacial score (nSPS) is 14.8. The number of pyridine rings is 1. The van der Waals surface area contributed by atoms with E-state index in [9.17, 15) is 9.59 Å². The number of aromatic nitrogens is 3. The van der Waals surface area contributed by atoms with E-state index in [1.54, 1.807) is 23.6 Å². The number of para-hydroxylation sites is 2. The van der Waals surface area contributed by atoms with Gasteiger partial charge in [-0.05, 0) is 24.3 Å². The van der Waals surface area contributed by atoms with Gasteiger partial charge in [0, 0.05) is 45.3 Å².